The Hall–Kier alpha value is -5.06. The van der Waals surface area contributed by atoms with E-state index in [9.17, 15) is 19.2 Å². The van der Waals surface area contributed by atoms with Gasteiger partial charge in [-0.25, -0.2) is 9.59 Å². The molecule has 2 aliphatic rings. The minimum absolute atomic E-state index is 0.0648. The molecule has 11 nitrogen and oxygen atoms in total. The van der Waals surface area contributed by atoms with Crippen LogP contribution < -0.4 is 20.1 Å². The number of hydrogen-bond acceptors (Lipinski definition) is 8. The second-order valence-corrected chi connectivity index (χ2v) is 12.3. The number of nitrogens with one attached hydrogen (secondary N) is 2. The lowest BCUT2D eigenvalue weighted by molar-refractivity contribution is -0.172. The third-order valence-corrected chi connectivity index (χ3v) is 8.00. The van der Waals surface area contributed by atoms with Crippen LogP contribution >= 0.6 is 0 Å². The van der Waals surface area contributed by atoms with E-state index in [1.54, 1.807) is 39.0 Å². The van der Waals surface area contributed by atoms with Crippen LogP contribution in [0.4, 0.5) is 4.79 Å². The summed E-state index contributed by atoms with van der Waals surface area (Å²) in [4.78, 5) is 54.8. The molecule has 1 aliphatic carbocycles. The summed E-state index contributed by atoms with van der Waals surface area (Å²) in [6.07, 6.45) is -2.18. The van der Waals surface area contributed by atoms with Crippen LogP contribution in [0.15, 0.2) is 66.7 Å². The molecular formula is C35H39N3O8. The molecule has 0 unspecified atom stereocenters. The summed E-state index contributed by atoms with van der Waals surface area (Å²) in [5.41, 5.74) is 3.89. The second kappa shape index (κ2) is 13.1. The van der Waals surface area contributed by atoms with Crippen molar-refractivity contribution in [2.45, 2.75) is 63.9 Å². The second-order valence-electron chi connectivity index (χ2n) is 12.3. The molecule has 1 fully saturated rings. The van der Waals surface area contributed by atoms with Gasteiger partial charge >= 0.3 is 12.1 Å². The molecule has 3 amide bonds. The molecule has 3 aromatic carbocycles. The minimum Gasteiger partial charge on any atom is -0.493 e. The first kappa shape index (κ1) is 32.3. The molecule has 1 aliphatic heterocycles. The van der Waals surface area contributed by atoms with E-state index in [1.807, 2.05) is 48.5 Å². The third-order valence-electron chi connectivity index (χ3n) is 8.00. The van der Waals surface area contributed by atoms with Crippen LogP contribution in [0.2, 0.25) is 0 Å². The predicted octanol–water partition coefficient (Wildman–Crippen LogP) is 4.69. The first-order chi connectivity index (χ1) is 21.9. The Morgan fingerprint density at radius 2 is 1.54 bits per heavy atom. The van der Waals surface area contributed by atoms with Crippen molar-refractivity contribution in [3.05, 3.63) is 83.4 Å². The number of ether oxygens (including phenoxy) is 4. The highest BCUT2D eigenvalue weighted by atomic mass is 16.6. The molecule has 1 heterocycles. The number of amides is 3. The Kier molecular flexibility index (Phi) is 9.22. The smallest absolute Gasteiger partial charge is 0.407 e. The highest BCUT2D eigenvalue weighted by molar-refractivity contribution is 5.94. The van der Waals surface area contributed by atoms with Crippen molar-refractivity contribution in [2.75, 3.05) is 20.8 Å². The average molecular weight is 630 g/mol. The van der Waals surface area contributed by atoms with E-state index in [1.165, 1.54) is 26.0 Å². The van der Waals surface area contributed by atoms with Crippen molar-refractivity contribution in [3.63, 3.8) is 0 Å². The fraction of sp³-hybridized carbons (Fsp3) is 0.371. The summed E-state index contributed by atoms with van der Waals surface area (Å²) in [6, 6.07) is 18.5. The van der Waals surface area contributed by atoms with Gasteiger partial charge in [0.1, 0.15) is 30.5 Å². The molecule has 5 rings (SSSR count). The number of carbonyl (C=O) groups excluding carboxylic acids is 4. The van der Waals surface area contributed by atoms with Gasteiger partial charge in [-0.15, -0.1) is 0 Å². The quantitative estimate of drug-likeness (QED) is 0.343. The number of carbonyl (C=O) groups is 4. The number of hydrogen-bond donors (Lipinski definition) is 2. The summed E-state index contributed by atoms with van der Waals surface area (Å²) in [7, 11) is 2.96. The molecule has 0 spiro atoms. The maximum absolute atomic E-state index is 14.1. The SMILES string of the molecule is COc1ccc([C@H]2NC(=O)C[C@@H](C(=O)OC(C)(C)C)N2C(=O)[C@@H](C)NC(=O)OCC2c3ccccc3-c3ccccc32)cc1OC. The lowest BCUT2D eigenvalue weighted by Gasteiger charge is -2.42. The first-order valence-corrected chi connectivity index (χ1v) is 15.1. The molecule has 2 N–H and O–H groups in total. The van der Waals surface area contributed by atoms with E-state index >= 15 is 0 Å². The number of fused-ring (bicyclic) bond motifs is 3. The van der Waals surface area contributed by atoms with Gasteiger partial charge in [0.05, 0.1) is 20.6 Å². The van der Waals surface area contributed by atoms with Crippen LogP contribution in [0.25, 0.3) is 11.1 Å². The fourth-order valence-electron chi connectivity index (χ4n) is 5.95. The van der Waals surface area contributed by atoms with E-state index in [0.717, 1.165) is 22.3 Å². The van der Waals surface area contributed by atoms with E-state index in [-0.39, 0.29) is 18.9 Å². The van der Waals surface area contributed by atoms with Gasteiger partial charge in [-0.3, -0.25) is 9.59 Å². The van der Waals surface area contributed by atoms with Crippen LogP contribution in [0.1, 0.15) is 62.9 Å². The van der Waals surface area contributed by atoms with Gasteiger partial charge in [-0.05, 0) is 67.6 Å². The van der Waals surface area contributed by atoms with Gasteiger partial charge in [-0.1, -0.05) is 54.6 Å². The van der Waals surface area contributed by atoms with Crippen molar-refractivity contribution < 1.29 is 38.1 Å². The van der Waals surface area contributed by atoms with Gasteiger partial charge in [-0.2, -0.15) is 0 Å². The molecule has 3 atom stereocenters. The lowest BCUT2D eigenvalue weighted by Crippen LogP contribution is -2.62. The first-order valence-electron chi connectivity index (χ1n) is 15.1. The fourth-order valence-corrected chi connectivity index (χ4v) is 5.95. The van der Waals surface area contributed by atoms with Crippen molar-refractivity contribution in [3.8, 4) is 22.6 Å². The van der Waals surface area contributed by atoms with Crippen molar-refractivity contribution in [2.24, 2.45) is 0 Å². The summed E-state index contributed by atoms with van der Waals surface area (Å²) in [6.45, 7) is 6.67. The topological polar surface area (TPSA) is 132 Å². The minimum atomic E-state index is -1.26. The Bertz CT molecular complexity index is 1600. The molecule has 0 saturated carbocycles. The van der Waals surface area contributed by atoms with Crippen LogP contribution in [0.5, 0.6) is 11.5 Å². The highest BCUT2D eigenvalue weighted by Crippen LogP contribution is 2.44. The predicted molar refractivity (Wildman–Crippen MR) is 169 cm³/mol. The summed E-state index contributed by atoms with van der Waals surface area (Å²) >= 11 is 0. The highest BCUT2D eigenvalue weighted by Gasteiger charge is 2.45. The summed E-state index contributed by atoms with van der Waals surface area (Å²) in [5, 5.41) is 5.43. The van der Waals surface area contributed by atoms with Crippen LogP contribution in [0.3, 0.4) is 0 Å². The van der Waals surface area contributed by atoms with Crippen molar-refractivity contribution in [1.29, 1.82) is 0 Å². The van der Waals surface area contributed by atoms with Crippen LogP contribution in [-0.4, -0.2) is 67.3 Å². The number of rotatable bonds is 8. The third kappa shape index (κ3) is 6.63. The molecule has 1 saturated heterocycles. The maximum Gasteiger partial charge on any atom is 0.407 e. The van der Waals surface area contributed by atoms with Gasteiger partial charge in [0, 0.05) is 5.92 Å². The molecule has 0 bridgehead atoms. The maximum atomic E-state index is 14.1. The Labute approximate surface area is 268 Å². The van der Waals surface area contributed by atoms with Crippen LogP contribution in [0, 0.1) is 0 Å². The molecular weight excluding hydrogens is 590 g/mol. The zero-order valence-electron chi connectivity index (χ0n) is 26.8. The van der Waals surface area contributed by atoms with Crippen molar-refractivity contribution in [1.82, 2.24) is 15.5 Å². The zero-order chi connectivity index (χ0) is 33.2. The van der Waals surface area contributed by atoms with Crippen LogP contribution in [-0.2, 0) is 23.9 Å². The molecule has 11 heteroatoms. The number of nitrogens with zero attached hydrogens (tertiary/aromatic N) is 1. The number of alkyl carbamates (subject to hydrolysis) is 1. The molecule has 0 aromatic heterocycles. The Balaban J connectivity index is 1.37. The summed E-state index contributed by atoms with van der Waals surface area (Å²) < 4.78 is 22.1. The summed E-state index contributed by atoms with van der Waals surface area (Å²) in [5.74, 6) is -1.16. The van der Waals surface area contributed by atoms with Gasteiger partial charge in [0.15, 0.2) is 11.5 Å². The molecule has 242 valence electrons. The number of benzene rings is 3. The van der Waals surface area contributed by atoms with E-state index in [0.29, 0.717) is 17.1 Å². The van der Waals surface area contributed by atoms with Gasteiger partial charge in [0.2, 0.25) is 11.8 Å². The van der Waals surface area contributed by atoms with E-state index in [4.69, 9.17) is 18.9 Å². The monoisotopic (exact) mass is 629 g/mol. The van der Waals surface area contributed by atoms with Gasteiger partial charge in [0.25, 0.3) is 0 Å². The van der Waals surface area contributed by atoms with Gasteiger partial charge < -0.3 is 34.5 Å². The molecule has 46 heavy (non-hydrogen) atoms. The molecule has 0 radical (unpaired) electrons. The Morgan fingerprint density at radius 3 is 2.13 bits per heavy atom. The number of esters is 1. The van der Waals surface area contributed by atoms with Crippen molar-refractivity contribution >= 4 is 23.9 Å². The lowest BCUT2D eigenvalue weighted by atomic mass is 9.98. The average Bonchev–Trinajstić information content (AvgIpc) is 3.35. The van der Waals surface area contributed by atoms with E-state index < -0.39 is 47.7 Å². The standard InChI is InChI=1S/C35H39N3O8/c1-20(36-34(42)45-19-26-24-13-9-7-11-22(24)23-12-8-10-14-25(23)26)32(40)38-27(33(41)46-35(2,3)4)18-30(39)37-31(38)21-15-16-28(43-5)29(17-21)44-6/h7-17,20,26-27,31H,18-19H2,1-6H3,(H,36,42)(H,37,39)/t20-,27+,31+/m1/s1. The van der Waals surface area contributed by atoms with E-state index in [2.05, 4.69) is 10.6 Å². The Morgan fingerprint density at radius 1 is 0.935 bits per heavy atom. The normalized spacial score (nSPS) is 18.0. The zero-order valence-corrected chi connectivity index (χ0v) is 26.8. The molecule has 3 aromatic rings. The number of methoxy groups -OCH3 is 2. The largest absolute Gasteiger partial charge is 0.493 e.